The molecule has 4 rings (SSSR count). The number of ether oxygens (including phenoxy) is 2. The first kappa shape index (κ1) is 20.9. The lowest BCUT2D eigenvalue weighted by molar-refractivity contribution is -0.122. The van der Waals surface area contributed by atoms with Crippen molar-refractivity contribution in [1.82, 2.24) is 10.2 Å². The Morgan fingerprint density at radius 1 is 0.968 bits per heavy atom. The topological polar surface area (TPSA) is 50.8 Å². The molecule has 0 radical (unpaired) electrons. The van der Waals surface area contributed by atoms with Gasteiger partial charge in [-0.1, -0.05) is 42.5 Å². The van der Waals surface area contributed by atoms with E-state index in [0.717, 1.165) is 11.1 Å². The minimum absolute atomic E-state index is 0.123. The van der Waals surface area contributed by atoms with Gasteiger partial charge in [0, 0.05) is 6.54 Å². The van der Waals surface area contributed by atoms with Crippen molar-refractivity contribution in [2.24, 2.45) is 0 Å². The Kier molecular flexibility index (Phi) is 6.18. The molecule has 1 amide bonds. The third-order valence-corrected chi connectivity index (χ3v) is 5.39. The Bertz CT molecular complexity index is 1170. The molecular weight excluding hydrogens is 408 g/mol. The van der Waals surface area contributed by atoms with Crippen LogP contribution < -0.4 is 14.8 Å². The number of thiocarbonyl (C=S) groups is 1. The van der Waals surface area contributed by atoms with E-state index in [9.17, 15) is 4.79 Å². The molecule has 1 aliphatic rings. The predicted octanol–water partition coefficient (Wildman–Crippen LogP) is 4.90. The van der Waals surface area contributed by atoms with Crippen molar-refractivity contribution in [3.8, 4) is 11.5 Å². The molecule has 158 valence electrons. The lowest BCUT2D eigenvalue weighted by Crippen LogP contribution is -2.30. The normalized spacial score (nSPS) is 14.9. The van der Waals surface area contributed by atoms with Crippen LogP contribution in [0.1, 0.15) is 25.0 Å². The zero-order valence-corrected chi connectivity index (χ0v) is 18.4. The highest BCUT2D eigenvalue weighted by Crippen LogP contribution is 2.31. The molecule has 1 fully saturated rings. The van der Waals surface area contributed by atoms with Crippen molar-refractivity contribution in [3.05, 3.63) is 77.5 Å². The highest BCUT2D eigenvalue weighted by atomic mass is 32.1. The molecule has 1 heterocycles. The van der Waals surface area contributed by atoms with E-state index in [2.05, 4.69) is 35.6 Å². The summed E-state index contributed by atoms with van der Waals surface area (Å²) in [6.45, 7) is 5.30. The van der Waals surface area contributed by atoms with Crippen LogP contribution in [0.15, 0.2) is 66.4 Å². The first-order valence-corrected chi connectivity index (χ1v) is 10.7. The van der Waals surface area contributed by atoms with E-state index in [4.69, 9.17) is 21.7 Å². The highest BCUT2D eigenvalue weighted by molar-refractivity contribution is 7.80. The van der Waals surface area contributed by atoms with E-state index < -0.39 is 0 Å². The number of fused-ring (bicyclic) bond motifs is 1. The number of nitrogens with one attached hydrogen (secondary N) is 1. The fourth-order valence-corrected chi connectivity index (χ4v) is 3.84. The molecule has 1 aliphatic heterocycles. The second-order valence-corrected chi connectivity index (χ2v) is 7.53. The maximum atomic E-state index is 12.4. The van der Waals surface area contributed by atoms with Crippen molar-refractivity contribution in [1.29, 1.82) is 0 Å². The van der Waals surface area contributed by atoms with Gasteiger partial charge in [0.1, 0.15) is 12.3 Å². The van der Waals surface area contributed by atoms with Gasteiger partial charge in [0.25, 0.3) is 5.91 Å². The highest BCUT2D eigenvalue weighted by Gasteiger charge is 2.29. The van der Waals surface area contributed by atoms with Crippen molar-refractivity contribution in [2.75, 3.05) is 13.2 Å². The maximum Gasteiger partial charge on any atom is 0.276 e. The Hall–Kier alpha value is -3.38. The number of benzene rings is 3. The van der Waals surface area contributed by atoms with E-state index >= 15 is 0 Å². The van der Waals surface area contributed by atoms with Crippen molar-refractivity contribution in [2.45, 2.75) is 20.5 Å². The number of carbonyl (C=O) groups excluding carboxylic acids is 1. The van der Waals surface area contributed by atoms with Gasteiger partial charge in [0.05, 0.1) is 6.61 Å². The van der Waals surface area contributed by atoms with Gasteiger partial charge in [0.15, 0.2) is 16.6 Å². The lowest BCUT2D eigenvalue weighted by Gasteiger charge is -2.13. The second kappa shape index (κ2) is 9.18. The fourth-order valence-electron chi connectivity index (χ4n) is 3.52. The maximum absolute atomic E-state index is 12.4. The molecule has 0 aromatic heterocycles. The van der Waals surface area contributed by atoms with Crippen LogP contribution in [0.3, 0.4) is 0 Å². The zero-order valence-electron chi connectivity index (χ0n) is 17.6. The Labute approximate surface area is 187 Å². The summed E-state index contributed by atoms with van der Waals surface area (Å²) in [5.41, 5.74) is 2.37. The lowest BCUT2D eigenvalue weighted by atomic mass is 10.1. The number of likely N-dealkylation sites (N-methyl/N-ethyl adjacent to an activating group) is 1. The molecule has 1 N–H and O–H groups in total. The van der Waals surface area contributed by atoms with Gasteiger partial charge in [0.2, 0.25) is 0 Å². The van der Waals surface area contributed by atoms with Crippen LogP contribution >= 0.6 is 12.2 Å². The van der Waals surface area contributed by atoms with Gasteiger partial charge < -0.3 is 14.8 Å². The van der Waals surface area contributed by atoms with Crippen LogP contribution in [0, 0.1) is 0 Å². The molecule has 1 saturated heterocycles. The van der Waals surface area contributed by atoms with E-state index in [1.165, 1.54) is 15.7 Å². The third-order valence-electron chi connectivity index (χ3n) is 5.07. The average Bonchev–Trinajstić information content (AvgIpc) is 3.05. The minimum Gasteiger partial charge on any atom is -0.490 e. The summed E-state index contributed by atoms with van der Waals surface area (Å²) >= 11 is 5.22. The van der Waals surface area contributed by atoms with Crippen molar-refractivity contribution >= 4 is 40.1 Å². The molecule has 5 nitrogen and oxygen atoms in total. The molecule has 0 atom stereocenters. The van der Waals surface area contributed by atoms with Crippen LogP contribution in [0.25, 0.3) is 16.8 Å². The largest absolute Gasteiger partial charge is 0.490 e. The number of nitrogens with zero attached hydrogens (tertiary/aromatic N) is 1. The number of carbonyl (C=O) groups is 1. The van der Waals surface area contributed by atoms with Gasteiger partial charge in [-0.15, -0.1) is 0 Å². The zero-order chi connectivity index (χ0) is 21.8. The molecule has 6 heteroatoms. The summed E-state index contributed by atoms with van der Waals surface area (Å²) in [5.74, 6) is 1.17. The summed E-state index contributed by atoms with van der Waals surface area (Å²) in [5, 5.41) is 5.79. The monoisotopic (exact) mass is 432 g/mol. The number of rotatable bonds is 7. The smallest absolute Gasteiger partial charge is 0.276 e. The predicted molar refractivity (Wildman–Crippen MR) is 127 cm³/mol. The van der Waals surface area contributed by atoms with Crippen LogP contribution in [-0.4, -0.2) is 29.1 Å². The van der Waals surface area contributed by atoms with Crippen LogP contribution in [0.2, 0.25) is 0 Å². The minimum atomic E-state index is -0.123. The molecule has 0 spiro atoms. The second-order valence-electron chi connectivity index (χ2n) is 7.15. The van der Waals surface area contributed by atoms with E-state index in [1.807, 2.05) is 44.2 Å². The first-order chi connectivity index (χ1) is 15.1. The van der Waals surface area contributed by atoms with Gasteiger partial charge >= 0.3 is 0 Å². The summed E-state index contributed by atoms with van der Waals surface area (Å²) in [6.07, 6.45) is 1.78. The van der Waals surface area contributed by atoms with Crippen molar-refractivity contribution < 1.29 is 14.3 Å². The molecule has 0 bridgehead atoms. The van der Waals surface area contributed by atoms with E-state index in [1.54, 1.807) is 6.08 Å². The summed E-state index contributed by atoms with van der Waals surface area (Å²) < 4.78 is 11.9. The Morgan fingerprint density at radius 2 is 1.77 bits per heavy atom. The van der Waals surface area contributed by atoms with Crippen molar-refractivity contribution in [3.63, 3.8) is 0 Å². The average molecular weight is 433 g/mol. The van der Waals surface area contributed by atoms with E-state index in [-0.39, 0.29) is 5.91 Å². The third kappa shape index (κ3) is 4.54. The van der Waals surface area contributed by atoms with Gasteiger partial charge in [-0.3, -0.25) is 9.69 Å². The quantitative estimate of drug-likeness (QED) is 0.425. The molecule has 31 heavy (non-hydrogen) atoms. The molecule has 0 unspecified atom stereocenters. The Balaban J connectivity index is 1.53. The summed E-state index contributed by atoms with van der Waals surface area (Å²) in [7, 11) is 0. The molecule has 3 aromatic rings. The van der Waals surface area contributed by atoms with Gasteiger partial charge in [-0.2, -0.15) is 0 Å². The number of amides is 1. The molecule has 3 aromatic carbocycles. The number of hydrogen-bond donors (Lipinski definition) is 1. The molecular formula is C25H24N2O3S. The fraction of sp³-hybridized carbons (Fsp3) is 0.200. The van der Waals surface area contributed by atoms with Crippen LogP contribution in [-0.2, 0) is 11.4 Å². The van der Waals surface area contributed by atoms with Crippen LogP contribution in [0.4, 0.5) is 0 Å². The summed E-state index contributed by atoms with van der Waals surface area (Å²) in [6, 6.07) is 20.2. The summed E-state index contributed by atoms with van der Waals surface area (Å²) in [4.78, 5) is 14.0. The van der Waals surface area contributed by atoms with Gasteiger partial charge in [-0.25, -0.2) is 0 Å². The Morgan fingerprint density at radius 3 is 2.52 bits per heavy atom. The number of hydrogen-bond acceptors (Lipinski definition) is 4. The molecule has 0 aliphatic carbocycles. The first-order valence-electron chi connectivity index (χ1n) is 10.3. The van der Waals surface area contributed by atoms with Gasteiger partial charge in [-0.05, 0) is 72.2 Å². The molecule has 0 saturated carbocycles. The SMILES string of the molecule is CCOc1cc(/C=C2\NC(=S)N(CC)C2=O)ccc1OCc1ccc2ccccc2c1. The van der Waals surface area contributed by atoms with E-state index in [0.29, 0.717) is 42.1 Å². The van der Waals surface area contributed by atoms with Crippen LogP contribution in [0.5, 0.6) is 11.5 Å². The standard InChI is InChI=1S/C25H24N2O3S/c1-3-27-24(28)21(26-25(27)31)14-17-10-12-22(23(15-17)29-4-2)30-16-18-9-11-19-7-5-6-8-20(19)13-18/h5-15H,3-4,16H2,1-2H3,(H,26,31)/b21-14-.